The Bertz CT molecular complexity index is 1400. The van der Waals surface area contributed by atoms with E-state index in [1.807, 2.05) is 66.5 Å². The van der Waals surface area contributed by atoms with E-state index < -0.39 is 0 Å². The molecule has 0 N–H and O–H groups in total. The molecule has 5 rings (SSSR count). The summed E-state index contributed by atoms with van der Waals surface area (Å²) in [6, 6.07) is 16.7. The highest BCUT2D eigenvalue weighted by Crippen LogP contribution is 2.33. The van der Waals surface area contributed by atoms with Crippen molar-refractivity contribution in [2.45, 2.75) is 45.1 Å². The van der Waals surface area contributed by atoms with E-state index in [1.165, 1.54) is 23.8 Å². The van der Waals surface area contributed by atoms with Crippen molar-refractivity contribution < 1.29 is 4.39 Å². The van der Waals surface area contributed by atoms with Crippen molar-refractivity contribution in [3.63, 3.8) is 0 Å². The fourth-order valence-electron chi connectivity index (χ4n) is 4.74. The Kier molecular flexibility index (Phi) is 5.89. The Hall–Kier alpha value is -3.19. The lowest BCUT2D eigenvalue weighted by molar-refractivity contribution is 0.350. The van der Waals surface area contributed by atoms with Gasteiger partial charge in [0.1, 0.15) is 5.82 Å². The van der Waals surface area contributed by atoms with E-state index >= 15 is 0 Å². The van der Waals surface area contributed by atoms with Crippen molar-refractivity contribution in [2.24, 2.45) is 12.0 Å². The maximum atomic E-state index is 14.7. The summed E-state index contributed by atoms with van der Waals surface area (Å²) in [6.07, 6.45) is 5.59. The van der Waals surface area contributed by atoms with E-state index in [2.05, 4.69) is 4.57 Å². The fourth-order valence-corrected chi connectivity index (χ4v) is 5.70. The maximum Gasteiger partial charge on any atom is 0.297 e. The van der Waals surface area contributed by atoms with Crippen LogP contribution < -0.4 is 10.4 Å². The van der Waals surface area contributed by atoms with Gasteiger partial charge in [-0.2, -0.15) is 0 Å². The highest BCUT2D eigenvalue weighted by atomic mass is 32.1. The second kappa shape index (κ2) is 8.98. The van der Waals surface area contributed by atoms with Gasteiger partial charge in [-0.3, -0.25) is 9.48 Å². The molecule has 0 aliphatic heterocycles. The van der Waals surface area contributed by atoms with Crippen molar-refractivity contribution in [1.29, 1.82) is 0 Å². The first-order valence-electron chi connectivity index (χ1n) is 11.4. The van der Waals surface area contributed by atoms with Crippen LogP contribution in [-0.4, -0.2) is 13.9 Å². The third-order valence-electron chi connectivity index (χ3n) is 6.56. The Morgan fingerprint density at radius 2 is 1.70 bits per heavy atom. The highest BCUT2D eigenvalue weighted by Gasteiger charge is 2.23. The van der Waals surface area contributed by atoms with Crippen molar-refractivity contribution in [3.8, 4) is 16.9 Å². The van der Waals surface area contributed by atoms with Gasteiger partial charge < -0.3 is 4.57 Å². The van der Waals surface area contributed by atoms with E-state index in [9.17, 15) is 9.18 Å². The van der Waals surface area contributed by atoms with Gasteiger partial charge >= 0.3 is 0 Å². The number of halogens is 1. The van der Waals surface area contributed by atoms with E-state index in [0.29, 0.717) is 11.3 Å². The van der Waals surface area contributed by atoms with Crippen molar-refractivity contribution in [3.05, 3.63) is 86.6 Å². The Labute approximate surface area is 196 Å². The number of hydrogen-bond donors (Lipinski definition) is 0. The van der Waals surface area contributed by atoms with E-state index in [-0.39, 0.29) is 17.4 Å². The lowest BCUT2D eigenvalue weighted by atomic mass is 9.95. The molecule has 2 heterocycles. The smallest absolute Gasteiger partial charge is 0.297 e. The third kappa shape index (κ3) is 3.91. The van der Waals surface area contributed by atoms with Crippen LogP contribution in [0, 0.1) is 12.7 Å². The second-order valence-corrected chi connectivity index (χ2v) is 9.40. The zero-order valence-electron chi connectivity index (χ0n) is 18.9. The molecule has 2 aromatic carbocycles. The van der Waals surface area contributed by atoms with Crippen LogP contribution in [-0.2, 0) is 7.05 Å². The number of para-hydroxylation sites is 1. The van der Waals surface area contributed by atoms with Gasteiger partial charge in [0.05, 0.1) is 17.1 Å². The molecule has 0 radical (unpaired) electrons. The summed E-state index contributed by atoms with van der Waals surface area (Å²) >= 11 is 1.47. The summed E-state index contributed by atoms with van der Waals surface area (Å²) in [5, 5.41) is 1.97. The minimum absolute atomic E-state index is 0.155. The van der Waals surface area contributed by atoms with Crippen molar-refractivity contribution in [1.82, 2.24) is 13.9 Å². The molecule has 5 nitrogen and oxygen atoms in total. The van der Waals surface area contributed by atoms with Gasteiger partial charge in [-0.1, -0.05) is 49.6 Å². The Morgan fingerprint density at radius 1 is 1.00 bits per heavy atom. The first kappa shape index (κ1) is 21.6. The van der Waals surface area contributed by atoms with Crippen LogP contribution in [0.15, 0.2) is 69.8 Å². The van der Waals surface area contributed by atoms with Crippen molar-refractivity contribution >= 4 is 17.0 Å². The van der Waals surface area contributed by atoms with Gasteiger partial charge in [-0.25, -0.2) is 14.1 Å². The Balaban J connectivity index is 1.72. The lowest BCUT2D eigenvalue weighted by Gasteiger charge is -2.25. The van der Waals surface area contributed by atoms with Crippen LogP contribution in [0.5, 0.6) is 0 Å². The predicted octanol–water partition coefficient (Wildman–Crippen LogP) is 5.89. The fraction of sp³-hybridized carbons (Fsp3) is 0.308. The number of thiazole rings is 1. The average molecular weight is 463 g/mol. The van der Waals surface area contributed by atoms with Gasteiger partial charge in [0.2, 0.25) is 0 Å². The number of rotatable bonds is 4. The molecular formula is C26H27FN4OS. The number of aromatic nitrogens is 3. The molecule has 0 atom stereocenters. The molecule has 1 aliphatic carbocycles. The standard InChI is InChI=1S/C26H27FN4OS/c1-18-24(25(32)31(29(18)2)20-13-7-4-8-14-20)28-26-30(19-11-5-3-6-12-19)23(17-33-26)21-15-9-10-16-22(21)27/h4,7-10,13-17,19H,3,5-6,11-12H2,1-2H3. The topological polar surface area (TPSA) is 44.2 Å². The molecule has 1 saturated carbocycles. The minimum atomic E-state index is -0.242. The van der Waals surface area contributed by atoms with Gasteiger partial charge in [0.15, 0.2) is 10.5 Å². The van der Waals surface area contributed by atoms with Crippen LogP contribution in [0.3, 0.4) is 0 Å². The zero-order valence-corrected chi connectivity index (χ0v) is 19.7. The molecule has 1 aliphatic rings. The number of benzene rings is 2. The lowest BCUT2D eigenvalue weighted by Crippen LogP contribution is -2.24. The quantitative estimate of drug-likeness (QED) is 0.373. The molecule has 33 heavy (non-hydrogen) atoms. The molecule has 4 aromatic rings. The zero-order chi connectivity index (χ0) is 22.9. The molecule has 7 heteroatoms. The van der Waals surface area contributed by atoms with Crippen LogP contribution in [0.25, 0.3) is 16.9 Å². The number of hydrogen-bond acceptors (Lipinski definition) is 3. The van der Waals surface area contributed by atoms with Gasteiger partial charge in [-0.15, -0.1) is 11.3 Å². The minimum Gasteiger partial charge on any atom is -0.313 e. The largest absolute Gasteiger partial charge is 0.313 e. The van der Waals surface area contributed by atoms with Crippen LogP contribution >= 0.6 is 11.3 Å². The Morgan fingerprint density at radius 3 is 2.42 bits per heavy atom. The normalized spacial score (nSPS) is 15.3. The third-order valence-corrected chi connectivity index (χ3v) is 7.40. The molecular weight excluding hydrogens is 435 g/mol. The van der Waals surface area contributed by atoms with Crippen LogP contribution in [0.2, 0.25) is 0 Å². The van der Waals surface area contributed by atoms with Gasteiger partial charge in [-0.05, 0) is 44.0 Å². The monoisotopic (exact) mass is 462 g/mol. The van der Waals surface area contributed by atoms with E-state index in [0.717, 1.165) is 47.6 Å². The average Bonchev–Trinajstić information content (AvgIpc) is 3.35. The first-order chi connectivity index (χ1) is 16.1. The van der Waals surface area contributed by atoms with Crippen LogP contribution in [0.1, 0.15) is 43.8 Å². The van der Waals surface area contributed by atoms with Gasteiger partial charge in [0.25, 0.3) is 5.56 Å². The molecule has 0 bridgehead atoms. The number of nitrogens with zero attached hydrogens (tertiary/aromatic N) is 4. The summed E-state index contributed by atoms with van der Waals surface area (Å²) in [5.74, 6) is -0.242. The first-order valence-corrected chi connectivity index (χ1v) is 12.3. The van der Waals surface area contributed by atoms with E-state index in [1.54, 1.807) is 10.7 Å². The molecule has 2 aromatic heterocycles. The molecule has 0 saturated heterocycles. The highest BCUT2D eigenvalue weighted by molar-refractivity contribution is 7.07. The summed E-state index contributed by atoms with van der Waals surface area (Å²) < 4.78 is 20.4. The summed E-state index contributed by atoms with van der Waals surface area (Å²) in [4.78, 5) is 19.1. The summed E-state index contributed by atoms with van der Waals surface area (Å²) in [5.41, 5.74) is 3.27. The summed E-state index contributed by atoms with van der Waals surface area (Å²) in [6.45, 7) is 1.91. The molecule has 0 spiro atoms. The molecule has 0 amide bonds. The SMILES string of the molecule is Cc1c(N=c2scc(-c3ccccc3F)n2C2CCCCC2)c(=O)n(-c2ccccc2)n1C. The maximum absolute atomic E-state index is 14.7. The molecule has 1 fully saturated rings. The van der Waals surface area contributed by atoms with E-state index in [4.69, 9.17) is 4.99 Å². The van der Waals surface area contributed by atoms with Crippen LogP contribution in [0.4, 0.5) is 10.1 Å². The summed E-state index contributed by atoms with van der Waals surface area (Å²) in [7, 11) is 1.87. The van der Waals surface area contributed by atoms with Gasteiger partial charge in [0, 0.05) is 24.0 Å². The van der Waals surface area contributed by atoms with Crippen molar-refractivity contribution in [2.75, 3.05) is 0 Å². The predicted molar refractivity (Wildman–Crippen MR) is 131 cm³/mol. The molecule has 170 valence electrons. The second-order valence-electron chi connectivity index (χ2n) is 8.57. The molecule has 0 unspecified atom stereocenters.